The van der Waals surface area contributed by atoms with Crippen LogP contribution in [0.1, 0.15) is 31.2 Å². The first-order chi connectivity index (χ1) is 19.2. The minimum absolute atomic E-state index is 0.0410. The van der Waals surface area contributed by atoms with Crippen LogP contribution in [0, 0.1) is 0 Å². The van der Waals surface area contributed by atoms with Crippen molar-refractivity contribution in [3.8, 4) is 0 Å². The second-order valence-corrected chi connectivity index (χ2v) is 12.5. The van der Waals surface area contributed by atoms with E-state index < -0.39 is 0 Å². The molecule has 0 amide bonds. The first kappa shape index (κ1) is 21.8. The number of hydrogen-bond donors (Lipinski definition) is 0. The number of aromatic nitrogens is 1. The van der Waals surface area contributed by atoms with E-state index in [9.17, 15) is 0 Å². The molecule has 2 heteroatoms. The molecule has 9 rings (SSSR count). The monoisotopic (exact) mass is 517 g/mol. The van der Waals surface area contributed by atoms with Gasteiger partial charge in [0.2, 0.25) is 0 Å². The van der Waals surface area contributed by atoms with E-state index in [1.807, 2.05) is 11.3 Å². The molecule has 0 saturated heterocycles. The fourth-order valence-electron chi connectivity index (χ4n) is 7.72. The molecular formula is C37H27NS. The lowest BCUT2D eigenvalue weighted by molar-refractivity contribution is 0.282. The smallest absolute Gasteiger partial charge is 0.0547 e. The van der Waals surface area contributed by atoms with Crippen LogP contribution in [0.15, 0.2) is 115 Å². The van der Waals surface area contributed by atoms with Crippen molar-refractivity contribution < 1.29 is 0 Å². The number of rotatable bonds is 0. The lowest BCUT2D eigenvalue weighted by atomic mass is 9.75. The van der Waals surface area contributed by atoms with Gasteiger partial charge in [-0.05, 0) is 59.5 Å². The third-order valence-corrected chi connectivity index (χ3v) is 10.7. The topological polar surface area (TPSA) is 4.93 Å². The van der Waals surface area contributed by atoms with Crippen LogP contribution >= 0.6 is 11.3 Å². The van der Waals surface area contributed by atoms with Crippen LogP contribution in [0.2, 0.25) is 0 Å². The van der Waals surface area contributed by atoms with E-state index in [1.165, 1.54) is 63.5 Å². The van der Waals surface area contributed by atoms with Crippen molar-refractivity contribution in [2.75, 3.05) is 0 Å². The fraction of sp³-hybridized carbons (Fsp3) is 0.135. The van der Waals surface area contributed by atoms with Crippen molar-refractivity contribution in [1.29, 1.82) is 0 Å². The molecule has 0 spiro atoms. The maximum absolute atomic E-state index is 2.75. The Hall–Kier alpha value is -4.14. The Balaban J connectivity index is 1.72. The number of fused-ring (bicyclic) bond motifs is 14. The van der Waals surface area contributed by atoms with Gasteiger partial charge in [-0.2, -0.15) is 0 Å². The molecule has 5 aromatic carbocycles. The van der Waals surface area contributed by atoms with Gasteiger partial charge in [0.1, 0.15) is 0 Å². The van der Waals surface area contributed by atoms with E-state index in [-0.39, 0.29) is 5.54 Å². The number of hydrogen-bond acceptors (Lipinski definition) is 1. The van der Waals surface area contributed by atoms with Crippen LogP contribution in [0.3, 0.4) is 0 Å². The van der Waals surface area contributed by atoms with Crippen LogP contribution < -0.4 is 0 Å². The van der Waals surface area contributed by atoms with E-state index >= 15 is 0 Å². The Bertz CT molecular complexity index is 2260. The van der Waals surface area contributed by atoms with Crippen molar-refractivity contribution in [3.63, 3.8) is 0 Å². The third-order valence-electron chi connectivity index (χ3n) is 9.45. The minimum Gasteiger partial charge on any atom is -0.333 e. The molecule has 0 radical (unpaired) electrons. The summed E-state index contributed by atoms with van der Waals surface area (Å²) in [6.07, 6.45) is 6.96. The number of nitrogens with zero attached hydrogens (tertiary/aromatic N) is 1. The molecule has 0 saturated carbocycles. The zero-order valence-electron chi connectivity index (χ0n) is 21.8. The van der Waals surface area contributed by atoms with Gasteiger partial charge in [-0.25, -0.2) is 0 Å². The van der Waals surface area contributed by atoms with E-state index in [0.29, 0.717) is 5.92 Å². The van der Waals surface area contributed by atoms with Crippen molar-refractivity contribution >= 4 is 74.9 Å². The predicted molar refractivity (Wildman–Crippen MR) is 170 cm³/mol. The number of para-hydroxylation sites is 1. The summed E-state index contributed by atoms with van der Waals surface area (Å²) in [7, 11) is 0. The summed E-state index contributed by atoms with van der Waals surface area (Å²) in [6.45, 7) is 2.51. The lowest BCUT2D eigenvalue weighted by Gasteiger charge is -2.37. The molecule has 186 valence electrons. The summed E-state index contributed by atoms with van der Waals surface area (Å²) in [6, 6.07) is 38.7. The molecule has 1 aliphatic carbocycles. The molecule has 1 aliphatic heterocycles. The first-order valence-corrected chi connectivity index (χ1v) is 14.8. The molecule has 3 heterocycles. The molecule has 0 fully saturated rings. The van der Waals surface area contributed by atoms with Crippen LogP contribution in [0.25, 0.3) is 63.5 Å². The van der Waals surface area contributed by atoms with Gasteiger partial charge in [-0.15, -0.1) is 11.3 Å². The average Bonchev–Trinajstić information content (AvgIpc) is 3.50. The molecule has 39 heavy (non-hydrogen) atoms. The lowest BCUT2D eigenvalue weighted by Crippen LogP contribution is -2.33. The van der Waals surface area contributed by atoms with E-state index in [4.69, 9.17) is 0 Å². The highest BCUT2D eigenvalue weighted by molar-refractivity contribution is 7.26. The Kier molecular flexibility index (Phi) is 4.30. The predicted octanol–water partition coefficient (Wildman–Crippen LogP) is 10.8. The molecule has 0 bridgehead atoms. The molecule has 7 aromatic rings. The summed E-state index contributed by atoms with van der Waals surface area (Å²) < 4.78 is 5.60. The molecule has 2 aliphatic rings. The normalized spacial score (nSPS) is 20.0. The van der Waals surface area contributed by atoms with Crippen LogP contribution in [-0.4, -0.2) is 4.57 Å². The third kappa shape index (κ3) is 2.75. The van der Waals surface area contributed by atoms with Crippen molar-refractivity contribution in [2.24, 2.45) is 0 Å². The maximum atomic E-state index is 2.75. The van der Waals surface area contributed by atoms with Gasteiger partial charge < -0.3 is 4.57 Å². The van der Waals surface area contributed by atoms with Gasteiger partial charge in [0.15, 0.2) is 0 Å². The molecule has 1 nitrogen and oxygen atoms in total. The molecule has 2 unspecified atom stereocenters. The Morgan fingerprint density at radius 2 is 1.23 bits per heavy atom. The quantitative estimate of drug-likeness (QED) is 0.176. The summed E-state index contributed by atoms with van der Waals surface area (Å²) in [5.41, 5.74) is 4.24. The van der Waals surface area contributed by atoms with Crippen LogP contribution in [-0.2, 0) is 5.54 Å². The number of thiophene rings is 1. The van der Waals surface area contributed by atoms with Gasteiger partial charge in [0.05, 0.1) is 11.1 Å². The van der Waals surface area contributed by atoms with Gasteiger partial charge in [0, 0.05) is 47.9 Å². The second-order valence-electron chi connectivity index (χ2n) is 11.4. The Morgan fingerprint density at radius 1 is 0.641 bits per heavy atom. The number of benzene rings is 5. The second kappa shape index (κ2) is 7.71. The Labute approximate surface area is 230 Å². The average molecular weight is 518 g/mol. The SMILES string of the molecule is CC12CC=CCC1c1c3sc4ccccc4c3cc3c4ccccc4c4ccccc4c4ccccc4n2c13. The molecule has 2 atom stereocenters. The number of allylic oxidation sites excluding steroid dienone is 2. The van der Waals surface area contributed by atoms with Crippen LogP contribution in [0.4, 0.5) is 0 Å². The summed E-state index contributed by atoms with van der Waals surface area (Å²) in [4.78, 5) is 0. The highest BCUT2D eigenvalue weighted by Crippen LogP contribution is 2.57. The van der Waals surface area contributed by atoms with E-state index in [2.05, 4.69) is 127 Å². The Morgan fingerprint density at radius 3 is 1.97 bits per heavy atom. The molecule has 2 aromatic heterocycles. The summed E-state index contributed by atoms with van der Waals surface area (Å²) in [5.74, 6) is 0.433. The van der Waals surface area contributed by atoms with Crippen molar-refractivity contribution in [2.45, 2.75) is 31.2 Å². The van der Waals surface area contributed by atoms with Crippen LogP contribution in [0.5, 0.6) is 0 Å². The standard InChI is InChI=1S/C37H27NS/c1-37-21-11-10-18-31(37)34-35-29(22-30-28-17-7-9-20-33(28)39-36(30)34)26-15-5-3-13-24(26)23-12-2-4-14-25(23)27-16-6-8-19-32(27)38(35)37/h2-17,19-20,22,31H,18,21H2,1H3. The molecule has 0 N–H and O–H groups in total. The van der Waals surface area contributed by atoms with Gasteiger partial charge in [-0.3, -0.25) is 0 Å². The summed E-state index contributed by atoms with van der Waals surface area (Å²) in [5, 5.41) is 10.7. The largest absolute Gasteiger partial charge is 0.333 e. The van der Waals surface area contributed by atoms with Gasteiger partial charge in [-0.1, -0.05) is 97.1 Å². The highest BCUT2D eigenvalue weighted by Gasteiger charge is 2.45. The first-order valence-electron chi connectivity index (χ1n) is 14.0. The zero-order valence-corrected chi connectivity index (χ0v) is 22.6. The fourth-order valence-corrected chi connectivity index (χ4v) is 9.01. The minimum atomic E-state index is -0.0410. The van der Waals surface area contributed by atoms with E-state index in [0.717, 1.165) is 12.8 Å². The van der Waals surface area contributed by atoms with Crippen molar-refractivity contribution in [1.82, 2.24) is 4.57 Å². The maximum Gasteiger partial charge on any atom is 0.0547 e. The van der Waals surface area contributed by atoms with Crippen molar-refractivity contribution in [3.05, 3.63) is 121 Å². The highest BCUT2D eigenvalue weighted by atomic mass is 32.1. The van der Waals surface area contributed by atoms with Gasteiger partial charge in [0.25, 0.3) is 0 Å². The summed E-state index contributed by atoms with van der Waals surface area (Å²) >= 11 is 1.98. The molecular weight excluding hydrogens is 490 g/mol. The van der Waals surface area contributed by atoms with Gasteiger partial charge >= 0.3 is 0 Å². The zero-order chi connectivity index (χ0) is 25.7. The van der Waals surface area contributed by atoms with E-state index in [1.54, 1.807) is 5.56 Å².